The van der Waals surface area contributed by atoms with Gasteiger partial charge in [-0.3, -0.25) is 0 Å². The number of aryl methyl sites for hydroxylation is 1. The van der Waals surface area contributed by atoms with Crippen molar-refractivity contribution in [1.29, 1.82) is 0 Å². The summed E-state index contributed by atoms with van der Waals surface area (Å²) in [5.74, 6) is 0.639. The number of nitrogens with two attached hydrogens (primary N) is 1. The van der Waals surface area contributed by atoms with E-state index >= 15 is 0 Å². The quantitative estimate of drug-likeness (QED) is 0.755. The first-order chi connectivity index (χ1) is 7.70. The van der Waals surface area contributed by atoms with E-state index in [2.05, 4.69) is 0 Å². The molecule has 2 N–H and O–H groups in total. The molecule has 0 aliphatic rings. The molecule has 0 radical (unpaired) electrons. The maximum absolute atomic E-state index is 13.5. The van der Waals surface area contributed by atoms with Crippen molar-refractivity contribution >= 4 is 0 Å². The number of unbranched alkanes of at least 4 members (excludes halogenated alkanes) is 1. The van der Waals surface area contributed by atoms with Gasteiger partial charge in [-0.1, -0.05) is 12.1 Å². The van der Waals surface area contributed by atoms with Crippen LogP contribution in [0, 0.1) is 0 Å². The molecule has 16 heavy (non-hydrogen) atoms. The van der Waals surface area contributed by atoms with Gasteiger partial charge in [-0.2, -0.15) is 0 Å². The fourth-order valence-electron chi connectivity index (χ4n) is 1.90. The Labute approximate surface area is 96.6 Å². The molecule has 0 aliphatic carbocycles. The molecule has 0 aliphatic heterocycles. The van der Waals surface area contributed by atoms with Crippen LogP contribution >= 0.6 is 0 Å². The van der Waals surface area contributed by atoms with Gasteiger partial charge in [0.1, 0.15) is 11.9 Å². The van der Waals surface area contributed by atoms with Crippen LogP contribution in [0.3, 0.4) is 0 Å². The summed E-state index contributed by atoms with van der Waals surface area (Å²) in [4.78, 5) is 0. The molecule has 2 nitrogen and oxygen atoms in total. The number of methoxy groups -OCH3 is 1. The third-order valence-electron chi connectivity index (χ3n) is 2.67. The fourth-order valence-corrected chi connectivity index (χ4v) is 1.90. The average Bonchev–Trinajstić information content (AvgIpc) is 2.28. The van der Waals surface area contributed by atoms with Crippen LogP contribution < -0.4 is 10.5 Å². The summed E-state index contributed by atoms with van der Waals surface area (Å²) in [7, 11) is 1.57. The molecule has 1 aromatic rings. The summed E-state index contributed by atoms with van der Waals surface area (Å²) in [6.07, 6.45) is 1.82. The highest BCUT2D eigenvalue weighted by atomic mass is 19.1. The van der Waals surface area contributed by atoms with Gasteiger partial charge in [0.25, 0.3) is 0 Å². The highest BCUT2D eigenvalue weighted by Crippen LogP contribution is 2.31. The summed E-state index contributed by atoms with van der Waals surface area (Å²) < 4.78 is 18.7. The number of benzene rings is 1. The summed E-state index contributed by atoms with van der Waals surface area (Å²) in [5, 5.41) is 0. The first-order valence-electron chi connectivity index (χ1n) is 5.70. The molecule has 1 atom stereocenters. The smallest absolute Gasteiger partial charge is 0.126 e. The SMILES string of the molecule is COc1cccc(CCCCN)c1C(C)F. The van der Waals surface area contributed by atoms with Gasteiger partial charge in [-0.15, -0.1) is 0 Å². The zero-order chi connectivity index (χ0) is 12.0. The van der Waals surface area contributed by atoms with E-state index in [9.17, 15) is 4.39 Å². The monoisotopic (exact) mass is 225 g/mol. The Hall–Kier alpha value is -1.09. The lowest BCUT2D eigenvalue weighted by Gasteiger charge is -2.14. The second-order valence-electron chi connectivity index (χ2n) is 3.89. The molecule has 0 aromatic heterocycles. The third kappa shape index (κ3) is 3.20. The van der Waals surface area contributed by atoms with Crippen molar-refractivity contribution in [3.8, 4) is 5.75 Å². The topological polar surface area (TPSA) is 35.2 Å². The van der Waals surface area contributed by atoms with Crippen molar-refractivity contribution in [2.24, 2.45) is 5.73 Å². The number of ether oxygens (including phenoxy) is 1. The molecule has 0 spiro atoms. The van der Waals surface area contributed by atoms with Crippen LogP contribution in [0.5, 0.6) is 5.75 Å². The fraction of sp³-hybridized carbons (Fsp3) is 0.538. The van der Waals surface area contributed by atoms with Gasteiger partial charge in [-0.25, -0.2) is 4.39 Å². The second kappa shape index (κ2) is 6.48. The molecule has 0 bridgehead atoms. The zero-order valence-electron chi connectivity index (χ0n) is 10.0. The first kappa shape index (κ1) is 13.0. The minimum atomic E-state index is -0.996. The summed E-state index contributed by atoms with van der Waals surface area (Å²) in [6.45, 7) is 2.23. The van der Waals surface area contributed by atoms with Gasteiger partial charge < -0.3 is 10.5 Å². The maximum atomic E-state index is 13.5. The van der Waals surface area contributed by atoms with Crippen LogP contribution in [-0.2, 0) is 6.42 Å². The van der Waals surface area contributed by atoms with Crippen LogP contribution in [-0.4, -0.2) is 13.7 Å². The molecule has 0 heterocycles. The second-order valence-corrected chi connectivity index (χ2v) is 3.89. The van der Waals surface area contributed by atoms with Gasteiger partial charge in [-0.05, 0) is 44.4 Å². The molecular weight excluding hydrogens is 205 g/mol. The number of hydrogen-bond acceptors (Lipinski definition) is 2. The van der Waals surface area contributed by atoms with Crippen molar-refractivity contribution < 1.29 is 9.13 Å². The van der Waals surface area contributed by atoms with Gasteiger partial charge in [0.15, 0.2) is 0 Å². The number of halogens is 1. The molecular formula is C13H20FNO. The van der Waals surface area contributed by atoms with Crippen LogP contribution in [0.25, 0.3) is 0 Å². The molecule has 0 fully saturated rings. The number of rotatable bonds is 6. The molecule has 0 saturated carbocycles. The van der Waals surface area contributed by atoms with Gasteiger partial charge >= 0.3 is 0 Å². The summed E-state index contributed by atoms with van der Waals surface area (Å²) >= 11 is 0. The molecule has 90 valence electrons. The first-order valence-corrected chi connectivity index (χ1v) is 5.70. The highest BCUT2D eigenvalue weighted by molar-refractivity contribution is 5.41. The average molecular weight is 225 g/mol. The molecule has 1 aromatic carbocycles. The van der Waals surface area contributed by atoms with E-state index in [1.165, 1.54) is 0 Å². The Bertz CT molecular complexity index is 326. The normalized spacial score (nSPS) is 12.5. The molecule has 1 unspecified atom stereocenters. The molecule has 3 heteroatoms. The standard InChI is InChI=1S/C13H20FNO/c1-10(14)13-11(6-3-4-9-15)7-5-8-12(13)16-2/h5,7-8,10H,3-4,6,9,15H2,1-2H3. The van der Waals surface area contributed by atoms with E-state index in [0.29, 0.717) is 17.9 Å². The lowest BCUT2D eigenvalue weighted by Crippen LogP contribution is -2.02. The lowest BCUT2D eigenvalue weighted by molar-refractivity contribution is 0.344. The van der Waals surface area contributed by atoms with Gasteiger partial charge in [0.2, 0.25) is 0 Å². The van der Waals surface area contributed by atoms with Crippen LogP contribution in [0.1, 0.15) is 37.1 Å². The van der Waals surface area contributed by atoms with E-state index in [1.807, 2.05) is 12.1 Å². The lowest BCUT2D eigenvalue weighted by atomic mass is 9.98. The van der Waals surface area contributed by atoms with Crippen LogP contribution in [0.2, 0.25) is 0 Å². The van der Waals surface area contributed by atoms with Crippen molar-refractivity contribution in [2.45, 2.75) is 32.4 Å². The molecule has 1 rings (SSSR count). The Morgan fingerprint density at radius 3 is 2.69 bits per heavy atom. The minimum absolute atomic E-state index is 0.639. The molecule has 0 saturated heterocycles. The van der Waals surface area contributed by atoms with E-state index in [4.69, 9.17) is 10.5 Å². The Morgan fingerprint density at radius 1 is 1.38 bits per heavy atom. The Kier molecular flexibility index (Phi) is 5.26. The van der Waals surface area contributed by atoms with Crippen molar-refractivity contribution in [2.75, 3.05) is 13.7 Å². The molecule has 0 amide bonds. The van der Waals surface area contributed by atoms with E-state index in [0.717, 1.165) is 24.8 Å². The van der Waals surface area contributed by atoms with Crippen molar-refractivity contribution in [3.63, 3.8) is 0 Å². The van der Waals surface area contributed by atoms with E-state index < -0.39 is 6.17 Å². The summed E-state index contributed by atoms with van der Waals surface area (Å²) in [5.41, 5.74) is 7.16. The minimum Gasteiger partial charge on any atom is -0.496 e. The van der Waals surface area contributed by atoms with Crippen LogP contribution in [0.15, 0.2) is 18.2 Å². The predicted octanol–water partition coefficient (Wildman–Crippen LogP) is 3.01. The van der Waals surface area contributed by atoms with Crippen molar-refractivity contribution in [1.82, 2.24) is 0 Å². The Balaban J connectivity index is 2.89. The third-order valence-corrected chi connectivity index (χ3v) is 2.67. The Morgan fingerprint density at radius 2 is 2.12 bits per heavy atom. The summed E-state index contributed by atoms with van der Waals surface area (Å²) in [6, 6.07) is 5.67. The maximum Gasteiger partial charge on any atom is 0.126 e. The van der Waals surface area contributed by atoms with E-state index in [1.54, 1.807) is 20.1 Å². The van der Waals surface area contributed by atoms with Gasteiger partial charge in [0.05, 0.1) is 7.11 Å². The van der Waals surface area contributed by atoms with E-state index in [-0.39, 0.29) is 0 Å². The van der Waals surface area contributed by atoms with Crippen molar-refractivity contribution in [3.05, 3.63) is 29.3 Å². The van der Waals surface area contributed by atoms with Crippen LogP contribution in [0.4, 0.5) is 4.39 Å². The predicted molar refractivity (Wildman–Crippen MR) is 64.5 cm³/mol. The zero-order valence-corrected chi connectivity index (χ0v) is 10.0. The number of hydrogen-bond donors (Lipinski definition) is 1. The number of alkyl halides is 1. The highest BCUT2D eigenvalue weighted by Gasteiger charge is 2.14. The largest absolute Gasteiger partial charge is 0.496 e. The van der Waals surface area contributed by atoms with Gasteiger partial charge in [0, 0.05) is 5.56 Å².